The van der Waals surface area contributed by atoms with Gasteiger partial charge in [-0.1, -0.05) is 6.07 Å². The van der Waals surface area contributed by atoms with Crippen LogP contribution in [0.25, 0.3) is 0 Å². The van der Waals surface area contributed by atoms with Gasteiger partial charge in [0.15, 0.2) is 0 Å². The fraction of sp³-hybridized carbons (Fsp3) is 0.667. The van der Waals surface area contributed by atoms with Gasteiger partial charge in [-0.05, 0) is 67.8 Å². The summed E-state index contributed by atoms with van der Waals surface area (Å²) in [5.41, 5.74) is 1.05. The van der Waals surface area contributed by atoms with E-state index < -0.39 is 11.0 Å². The van der Waals surface area contributed by atoms with E-state index in [1.54, 1.807) is 7.11 Å². The standard InChI is InChI=1S/C21H28N2O3/c1-26-16-5-4-15-10-18-21(25)6-8-22-19(24)12-20(21,17(15)11-16)7-9-23(18)13-14-2-3-14/h4-5,11,14,18,25H,2-3,6-10,12-13H2,1H3,(H,22,24). The van der Waals surface area contributed by atoms with Crippen LogP contribution in [0.3, 0.4) is 0 Å². The summed E-state index contributed by atoms with van der Waals surface area (Å²) in [7, 11) is 1.68. The van der Waals surface area contributed by atoms with Crippen LogP contribution in [0.4, 0.5) is 0 Å². The number of ether oxygens (including phenoxy) is 1. The van der Waals surface area contributed by atoms with Gasteiger partial charge < -0.3 is 15.2 Å². The summed E-state index contributed by atoms with van der Waals surface area (Å²) in [6.45, 7) is 2.62. The first-order chi connectivity index (χ1) is 12.6. The Labute approximate surface area is 154 Å². The molecule has 5 rings (SSSR count). The number of hydrogen-bond acceptors (Lipinski definition) is 4. The summed E-state index contributed by atoms with van der Waals surface area (Å²) in [5, 5.41) is 15.1. The van der Waals surface area contributed by atoms with Crippen molar-refractivity contribution >= 4 is 5.91 Å². The Bertz CT molecular complexity index is 747. The molecule has 2 N–H and O–H groups in total. The van der Waals surface area contributed by atoms with Gasteiger partial charge in [-0.25, -0.2) is 0 Å². The number of rotatable bonds is 3. The minimum Gasteiger partial charge on any atom is -0.497 e. The van der Waals surface area contributed by atoms with E-state index in [1.165, 1.54) is 18.4 Å². The quantitative estimate of drug-likeness (QED) is 0.864. The number of piperidine rings is 1. The molecule has 5 nitrogen and oxygen atoms in total. The van der Waals surface area contributed by atoms with Crippen LogP contribution in [0.1, 0.15) is 43.2 Å². The molecule has 1 saturated carbocycles. The fourth-order valence-electron chi connectivity index (χ4n) is 5.83. The molecule has 5 heteroatoms. The zero-order valence-electron chi connectivity index (χ0n) is 15.5. The van der Waals surface area contributed by atoms with Crippen molar-refractivity contribution in [2.45, 2.75) is 55.6 Å². The van der Waals surface area contributed by atoms with Gasteiger partial charge in [0.1, 0.15) is 5.75 Å². The molecule has 2 bridgehead atoms. The zero-order chi connectivity index (χ0) is 17.9. The maximum atomic E-state index is 12.5. The third-order valence-corrected chi connectivity index (χ3v) is 7.37. The van der Waals surface area contributed by atoms with E-state index >= 15 is 0 Å². The van der Waals surface area contributed by atoms with E-state index in [0.29, 0.717) is 19.4 Å². The maximum Gasteiger partial charge on any atom is 0.221 e. The molecule has 2 saturated heterocycles. The number of hydrogen-bond donors (Lipinski definition) is 2. The Morgan fingerprint density at radius 3 is 2.96 bits per heavy atom. The lowest BCUT2D eigenvalue weighted by molar-refractivity contribution is -0.153. The van der Waals surface area contributed by atoms with Crippen molar-refractivity contribution in [3.05, 3.63) is 29.3 Å². The van der Waals surface area contributed by atoms with Gasteiger partial charge in [-0.2, -0.15) is 0 Å². The number of benzene rings is 1. The zero-order valence-corrected chi connectivity index (χ0v) is 15.5. The summed E-state index contributed by atoms with van der Waals surface area (Å²) in [5.74, 6) is 1.67. The number of carbonyl (C=O) groups excluding carboxylic acids is 1. The number of likely N-dealkylation sites (tertiary alicyclic amines) is 1. The van der Waals surface area contributed by atoms with Crippen molar-refractivity contribution in [1.29, 1.82) is 0 Å². The van der Waals surface area contributed by atoms with Crippen LogP contribution in [-0.2, 0) is 16.6 Å². The Morgan fingerprint density at radius 2 is 2.19 bits per heavy atom. The van der Waals surface area contributed by atoms with Crippen molar-refractivity contribution in [1.82, 2.24) is 10.2 Å². The Morgan fingerprint density at radius 1 is 1.35 bits per heavy atom. The highest BCUT2D eigenvalue weighted by Crippen LogP contribution is 2.56. The minimum absolute atomic E-state index is 0.0611. The molecule has 2 heterocycles. The Kier molecular flexibility index (Phi) is 3.63. The highest BCUT2D eigenvalue weighted by Gasteiger charge is 2.63. The molecule has 1 amide bonds. The SMILES string of the molecule is COc1ccc2c(c1)C13CCN(CC4CC4)C(C2)C1(O)CCNC(=O)C3. The van der Waals surface area contributed by atoms with Crippen molar-refractivity contribution in [3.63, 3.8) is 0 Å². The summed E-state index contributed by atoms with van der Waals surface area (Å²) >= 11 is 0. The molecule has 0 radical (unpaired) electrons. The molecule has 3 fully saturated rings. The topological polar surface area (TPSA) is 61.8 Å². The van der Waals surface area contributed by atoms with E-state index in [1.807, 2.05) is 6.07 Å². The number of fused-ring (bicyclic) bond motifs is 1. The second-order valence-corrected chi connectivity index (χ2v) is 8.71. The van der Waals surface area contributed by atoms with Gasteiger partial charge in [0.2, 0.25) is 5.91 Å². The van der Waals surface area contributed by atoms with Gasteiger partial charge in [-0.3, -0.25) is 9.69 Å². The molecule has 140 valence electrons. The molecular formula is C21H28N2O3. The van der Waals surface area contributed by atoms with Gasteiger partial charge in [0.25, 0.3) is 0 Å². The first kappa shape index (κ1) is 16.6. The van der Waals surface area contributed by atoms with Gasteiger partial charge in [0, 0.05) is 31.0 Å². The molecular weight excluding hydrogens is 328 g/mol. The highest BCUT2D eigenvalue weighted by atomic mass is 16.5. The Balaban J connectivity index is 1.66. The van der Waals surface area contributed by atoms with Crippen LogP contribution in [0.2, 0.25) is 0 Å². The average Bonchev–Trinajstić information content (AvgIpc) is 3.44. The molecule has 3 atom stereocenters. The van der Waals surface area contributed by atoms with E-state index in [2.05, 4.69) is 22.3 Å². The second-order valence-electron chi connectivity index (χ2n) is 8.71. The van der Waals surface area contributed by atoms with Crippen LogP contribution in [0.5, 0.6) is 5.75 Å². The van der Waals surface area contributed by atoms with E-state index in [4.69, 9.17) is 4.74 Å². The lowest BCUT2D eigenvalue weighted by atomic mass is 9.52. The van der Waals surface area contributed by atoms with Gasteiger partial charge in [-0.15, -0.1) is 0 Å². The minimum atomic E-state index is -0.862. The summed E-state index contributed by atoms with van der Waals surface area (Å²) < 4.78 is 5.47. The molecule has 4 aliphatic rings. The second kappa shape index (κ2) is 5.70. The third kappa shape index (κ3) is 2.26. The predicted molar refractivity (Wildman–Crippen MR) is 98.3 cm³/mol. The van der Waals surface area contributed by atoms with Crippen molar-refractivity contribution in [2.24, 2.45) is 5.92 Å². The van der Waals surface area contributed by atoms with Gasteiger partial charge in [0.05, 0.1) is 12.7 Å². The Hall–Kier alpha value is -1.59. The average molecular weight is 356 g/mol. The predicted octanol–water partition coefficient (Wildman–Crippen LogP) is 1.61. The molecule has 26 heavy (non-hydrogen) atoms. The van der Waals surface area contributed by atoms with Crippen LogP contribution in [-0.4, -0.2) is 54.3 Å². The molecule has 0 aromatic heterocycles. The number of carbonyl (C=O) groups is 1. The molecule has 3 unspecified atom stereocenters. The third-order valence-electron chi connectivity index (χ3n) is 7.37. The normalized spacial score (nSPS) is 36.5. The largest absolute Gasteiger partial charge is 0.497 e. The van der Waals surface area contributed by atoms with Crippen molar-refractivity contribution in [2.75, 3.05) is 26.7 Å². The highest BCUT2D eigenvalue weighted by molar-refractivity contribution is 5.79. The first-order valence-corrected chi connectivity index (χ1v) is 9.96. The van der Waals surface area contributed by atoms with Gasteiger partial charge >= 0.3 is 0 Å². The van der Waals surface area contributed by atoms with E-state index in [9.17, 15) is 9.90 Å². The van der Waals surface area contributed by atoms with Crippen LogP contribution in [0.15, 0.2) is 18.2 Å². The van der Waals surface area contributed by atoms with E-state index in [-0.39, 0.29) is 11.9 Å². The molecule has 1 aromatic carbocycles. The lowest BCUT2D eigenvalue weighted by Crippen LogP contribution is -2.71. The number of aliphatic hydroxyl groups is 1. The van der Waals surface area contributed by atoms with Crippen molar-refractivity contribution in [3.8, 4) is 5.75 Å². The molecule has 2 aliphatic carbocycles. The molecule has 0 spiro atoms. The number of nitrogens with zero attached hydrogens (tertiary/aromatic N) is 1. The summed E-state index contributed by atoms with van der Waals surface area (Å²) in [6, 6.07) is 6.33. The number of methoxy groups -OCH3 is 1. The summed E-state index contributed by atoms with van der Waals surface area (Å²) in [4.78, 5) is 15.1. The first-order valence-electron chi connectivity index (χ1n) is 9.96. The maximum absolute atomic E-state index is 12.5. The smallest absolute Gasteiger partial charge is 0.221 e. The number of amides is 1. The molecule has 2 aliphatic heterocycles. The summed E-state index contributed by atoms with van der Waals surface area (Å²) in [6.07, 6.45) is 5.33. The molecule has 1 aromatic rings. The number of nitrogens with one attached hydrogen (secondary N) is 1. The fourth-order valence-corrected chi connectivity index (χ4v) is 5.83. The van der Waals surface area contributed by atoms with Crippen molar-refractivity contribution < 1.29 is 14.6 Å². The van der Waals surface area contributed by atoms with Crippen LogP contribution >= 0.6 is 0 Å². The van der Waals surface area contributed by atoms with Crippen LogP contribution in [0, 0.1) is 5.92 Å². The lowest BCUT2D eigenvalue weighted by Gasteiger charge is -2.61. The monoisotopic (exact) mass is 356 g/mol. The van der Waals surface area contributed by atoms with E-state index in [0.717, 1.165) is 43.2 Å². The van der Waals surface area contributed by atoms with Crippen LogP contribution < -0.4 is 10.1 Å².